The largest absolute Gasteiger partial charge is 0.549 e. The second-order valence-electron chi connectivity index (χ2n) is 2.89. The predicted molar refractivity (Wildman–Crippen MR) is 54.3 cm³/mol. The third-order valence-electron chi connectivity index (χ3n) is 1.59. The molecule has 0 radical (unpaired) electrons. The van der Waals surface area contributed by atoms with Gasteiger partial charge < -0.3 is 9.90 Å². The van der Waals surface area contributed by atoms with E-state index in [0.29, 0.717) is 5.56 Å². The van der Waals surface area contributed by atoms with Crippen LogP contribution in [0.5, 0.6) is 0 Å². The van der Waals surface area contributed by atoms with Crippen molar-refractivity contribution in [2.75, 3.05) is 5.75 Å². The zero-order valence-corrected chi connectivity index (χ0v) is 8.61. The van der Waals surface area contributed by atoms with Gasteiger partial charge in [-0.2, -0.15) is 0 Å². The number of carboxylic acid groups (broad SMARTS) is 1. The molecule has 0 atom stereocenters. The van der Waals surface area contributed by atoms with Crippen molar-refractivity contribution in [1.82, 2.24) is 0 Å². The highest BCUT2D eigenvalue weighted by atomic mass is 32.2. The molecule has 0 aromatic heterocycles. The molecular formula is C10H9O4S-. The van der Waals surface area contributed by atoms with Crippen LogP contribution in [0.2, 0.25) is 0 Å². The molecule has 1 rings (SSSR count). The summed E-state index contributed by atoms with van der Waals surface area (Å²) in [6.07, 6.45) is 1.35. The van der Waals surface area contributed by atoms with Crippen LogP contribution in [-0.4, -0.2) is 20.1 Å². The number of carboxylic acids is 1. The number of benzene rings is 1. The summed E-state index contributed by atoms with van der Waals surface area (Å²) in [6.45, 7) is 0. The van der Waals surface area contributed by atoms with Crippen LogP contribution in [0.1, 0.15) is 5.56 Å². The van der Waals surface area contributed by atoms with Gasteiger partial charge in [-0.1, -0.05) is 30.3 Å². The highest BCUT2D eigenvalue weighted by Crippen LogP contribution is 2.03. The van der Waals surface area contributed by atoms with Gasteiger partial charge in [0.1, 0.15) is 0 Å². The molecule has 0 aliphatic heterocycles. The Labute approximate surface area is 87.8 Å². The Morgan fingerprint density at radius 2 is 1.87 bits per heavy atom. The fourth-order valence-corrected chi connectivity index (χ4v) is 1.75. The van der Waals surface area contributed by atoms with E-state index in [-0.39, 0.29) is 0 Å². The van der Waals surface area contributed by atoms with Crippen LogP contribution in [0.25, 0.3) is 6.08 Å². The van der Waals surface area contributed by atoms with Crippen LogP contribution in [0, 0.1) is 0 Å². The molecule has 1 aromatic carbocycles. The molecule has 0 amide bonds. The van der Waals surface area contributed by atoms with Crippen molar-refractivity contribution in [3.63, 3.8) is 0 Å². The molecule has 0 heterocycles. The van der Waals surface area contributed by atoms with Gasteiger partial charge in [0.2, 0.25) is 0 Å². The summed E-state index contributed by atoms with van der Waals surface area (Å²) in [5, 5.41) is 11.0. The Hall–Kier alpha value is -1.62. The van der Waals surface area contributed by atoms with Crippen molar-refractivity contribution in [3.05, 3.63) is 41.3 Å². The summed E-state index contributed by atoms with van der Waals surface area (Å²) in [5.74, 6) is -2.59. The SMILES string of the molecule is O=C([O-])CS(=O)(=O)/C=C/c1ccccc1. The second kappa shape index (κ2) is 4.75. The smallest absolute Gasteiger partial charge is 0.176 e. The quantitative estimate of drug-likeness (QED) is 0.712. The van der Waals surface area contributed by atoms with Gasteiger partial charge in [-0.05, 0) is 11.6 Å². The number of hydrogen-bond acceptors (Lipinski definition) is 4. The van der Waals surface area contributed by atoms with E-state index in [4.69, 9.17) is 0 Å². The lowest BCUT2D eigenvalue weighted by molar-refractivity contribution is -0.301. The first-order valence-corrected chi connectivity index (χ1v) is 5.87. The molecule has 0 N–H and O–H groups in total. The number of hydrogen-bond donors (Lipinski definition) is 0. The van der Waals surface area contributed by atoms with Crippen LogP contribution >= 0.6 is 0 Å². The lowest BCUT2D eigenvalue weighted by Gasteiger charge is -1.99. The van der Waals surface area contributed by atoms with Crippen LogP contribution in [0.15, 0.2) is 35.7 Å². The Morgan fingerprint density at radius 1 is 1.27 bits per heavy atom. The molecule has 0 bridgehead atoms. The molecule has 4 nitrogen and oxygen atoms in total. The minimum Gasteiger partial charge on any atom is -0.549 e. The molecule has 1 aromatic rings. The normalized spacial score (nSPS) is 11.7. The van der Waals surface area contributed by atoms with Gasteiger partial charge in [-0.25, -0.2) is 8.42 Å². The van der Waals surface area contributed by atoms with Gasteiger partial charge in [-0.3, -0.25) is 0 Å². The summed E-state index contributed by atoms with van der Waals surface area (Å²) in [6, 6.07) is 8.74. The van der Waals surface area contributed by atoms with Crippen LogP contribution in [-0.2, 0) is 14.6 Å². The molecule has 80 valence electrons. The third kappa shape index (κ3) is 4.42. The number of carbonyl (C=O) groups is 1. The van der Waals surface area contributed by atoms with E-state index in [1.807, 2.05) is 0 Å². The molecule has 5 heteroatoms. The lowest BCUT2D eigenvalue weighted by Crippen LogP contribution is -2.29. The Morgan fingerprint density at radius 3 is 2.40 bits per heavy atom. The maximum atomic E-state index is 11.1. The Bertz CT molecular complexity index is 459. The van der Waals surface area contributed by atoms with Crippen molar-refractivity contribution >= 4 is 21.9 Å². The lowest BCUT2D eigenvalue weighted by atomic mass is 10.2. The molecule has 0 spiro atoms. The molecule has 0 fully saturated rings. The first-order chi connectivity index (χ1) is 6.99. The van der Waals surface area contributed by atoms with E-state index >= 15 is 0 Å². The monoisotopic (exact) mass is 225 g/mol. The zero-order valence-electron chi connectivity index (χ0n) is 7.79. The minimum atomic E-state index is -3.72. The summed E-state index contributed by atoms with van der Waals surface area (Å²) < 4.78 is 22.2. The number of sulfone groups is 1. The van der Waals surface area contributed by atoms with E-state index in [1.54, 1.807) is 30.3 Å². The Balaban J connectivity index is 2.78. The van der Waals surface area contributed by atoms with Gasteiger partial charge in [0.05, 0.1) is 11.7 Å². The average molecular weight is 225 g/mol. The standard InChI is InChI=1S/C10H10O4S/c11-10(12)8-15(13,14)7-6-9-4-2-1-3-5-9/h1-7H,8H2,(H,11,12)/p-1/b7-6+. The minimum absolute atomic E-state index is 0.694. The van der Waals surface area contributed by atoms with E-state index in [1.165, 1.54) is 6.08 Å². The topological polar surface area (TPSA) is 74.3 Å². The van der Waals surface area contributed by atoms with Gasteiger partial charge in [-0.15, -0.1) is 0 Å². The first-order valence-electron chi connectivity index (χ1n) is 4.15. The summed E-state index contributed by atoms with van der Waals surface area (Å²) in [5.41, 5.74) is 0.694. The van der Waals surface area contributed by atoms with E-state index < -0.39 is 21.6 Å². The predicted octanol–water partition coefficient (Wildman–Crippen LogP) is -0.178. The molecule has 0 saturated carbocycles. The second-order valence-corrected chi connectivity index (χ2v) is 4.78. The van der Waals surface area contributed by atoms with Crippen LogP contribution in [0.4, 0.5) is 0 Å². The van der Waals surface area contributed by atoms with Crippen molar-refractivity contribution < 1.29 is 18.3 Å². The highest BCUT2D eigenvalue weighted by molar-refractivity contribution is 7.95. The molecule has 0 saturated heterocycles. The maximum absolute atomic E-state index is 11.1. The summed E-state index contributed by atoms with van der Waals surface area (Å²) in [7, 11) is -3.72. The van der Waals surface area contributed by atoms with Gasteiger partial charge in [0.15, 0.2) is 9.84 Å². The van der Waals surface area contributed by atoms with Gasteiger partial charge in [0.25, 0.3) is 0 Å². The number of rotatable bonds is 4. The van der Waals surface area contributed by atoms with E-state index in [2.05, 4.69) is 0 Å². The number of aliphatic carboxylic acids is 1. The van der Waals surface area contributed by atoms with E-state index in [9.17, 15) is 18.3 Å². The van der Waals surface area contributed by atoms with Crippen molar-refractivity contribution in [3.8, 4) is 0 Å². The van der Waals surface area contributed by atoms with E-state index in [0.717, 1.165) is 5.41 Å². The third-order valence-corrected chi connectivity index (χ3v) is 2.78. The Kier molecular flexibility index (Phi) is 3.62. The molecule has 0 aliphatic rings. The molecule has 15 heavy (non-hydrogen) atoms. The fourth-order valence-electron chi connectivity index (χ4n) is 0.959. The van der Waals surface area contributed by atoms with Gasteiger partial charge >= 0.3 is 0 Å². The van der Waals surface area contributed by atoms with Crippen molar-refractivity contribution in [2.24, 2.45) is 0 Å². The maximum Gasteiger partial charge on any atom is 0.176 e. The highest BCUT2D eigenvalue weighted by Gasteiger charge is 2.05. The zero-order chi connectivity index (χ0) is 11.3. The fraction of sp³-hybridized carbons (Fsp3) is 0.100. The molecule has 0 aliphatic carbocycles. The van der Waals surface area contributed by atoms with Crippen molar-refractivity contribution in [1.29, 1.82) is 0 Å². The molecule has 0 unspecified atom stereocenters. The average Bonchev–Trinajstić information content (AvgIpc) is 2.15. The molecular weight excluding hydrogens is 216 g/mol. The van der Waals surface area contributed by atoms with Crippen LogP contribution < -0.4 is 5.11 Å². The number of carbonyl (C=O) groups excluding carboxylic acids is 1. The van der Waals surface area contributed by atoms with Crippen LogP contribution in [0.3, 0.4) is 0 Å². The summed E-state index contributed by atoms with van der Waals surface area (Å²) in [4.78, 5) is 10.1. The summed E-state index contributed by atoms with van der Waals surface area (Å²) >= 11 is 0. The van der Waals surface area contributed by atoms with Crippen molar-refractivity contribution in [2.45, 2.75) is 0 Å². The first kappa shape index (κ1) is 11.5. The van der Waals surface area contributed by atoms with Gasteiger partial charge in [0, 0.05) is 5.41 Å².